The molecule has 2 rings (SSSR count). The van der Waals surface area contributed by atoms with E-state index in [1.54, 1.807) is 23.1 Å². The van der Waals surface area contributed by atoms with Crippen LogP contribution in [-0.4, -0.2) is 25.0 Å². The molecule has 1 amide bonds. The summed E-state index contributed by atoms with van der Waals surface area (Å²) in [6, 6.07) is 6.20. The first-order valence-corrected chi connectivity index (χ1v) is 7.26. The van der Waals surface area contributed by atoms with Crippen LogP contribution in [0, 0.1) is 11.2 Å². The fraction of sp³-hybridized carbons (Fsp3) is 0.562. The summed E-state index contributed by atoms with van der Waals surface area (Å²) in [5.41, 5.74) is 0.261. The first kappa shape index (κ1) is 15.0. The van der Waals surface area contributed by atoms with Crippen LogP contribution in [0.25, 0.3) is 0 Å². The molecule has 3 nitrogen and oxygen atoms in total. The molecule has 1 heterocycles. The van der Waals surface area contributed by atoms with E-state index in [9.17, 15) is 9.18 Å². The van der Waals surface area contributed by atoms with Gasteiger partial charge in [0.05, 0.1) is 11.7 Å². The molecule has 1 aliphatic heterocycles. The van der Waals surface area contributed by atoms with Crippen molar-refractivity contribution in [2.75, 3.05) is 18.0 Å². The Morgan fingerprint density at radius 2 is 2.15 bits per heavy atom. The smallest absolute Gasteiger partial charge is 0.244 e. The number of carbonyl (C=O) groups is 1. The summed E-state index contributed by atoms with van der Waals surface area (Å²) >= 11 is 0. The fourth-order valence-corrected chi connectivity index (χ4v) is 2.90. The molecule has 1 atom stereocenters. The van der Waals surface area contributed by atoms with Crippen LogP contribution >= 0.6 is 0 Å². The van der Waals surface area contributed by atoms with Gasteiger partial charge < -0.3 is 10.2 Å². The number of para-hydroxylation sites is 1. The number of carbonyl (C=O) groups excluding carboxylic acids is 1. The molecule has 4 heteroatoms. The van der Waals surface area contributed by atoms with Crippen molar-refractivity contribution in [3.05, 3.63) is 30.1 Å². The lowest BCUT2D eigenvalue weighted by molar-refractivity contribution is -0.124. The summed E-state index contributed by atoms with van der Waals surface area (Å²) in [5, 5.41) is 3.30. The highest BCUT2D eigenvalue weighted by molar-refractivity contribution is 5.97. The van der Waals surface area contributed by atoms with Crippen molar-refractivity contribution < 1.29 is 9.18 Å². The van der Waals surface area contributed by atoms with Crippen LogP contribution in [0.4, 0.5) is 10.1 Å². The zero-order valence-electron chi connectivity index (χ0n) is 12.4. The third kappa shape index (κ3) is 2.85. The molecule has 1 unspecified atom stereocenters. The van der Waals surface area contributed by atoms with Gasteiger partial charge in [-0.3, -0.25) is 4.79 Å². The lowest BCUT2D eigenvalue weighted by Crippen LogP contribution is -2.56. The van der Waals surface area contributed by atoms with Crippen molar-refractivity contribution >= 4 is 11.6 Å². The molecule has 0 aliphatic carbocycles. The first-order valence-electron chi connectivity index (χ1n) is 7.26. The van der Waals surface area contributed by atoms with E-state index in [1.807, 2.05) is 6.92 Å². The Balaban J connectivity index is 2.28. The largest absolute Gasteiger partial charge is 0.309 e. The molecule has 1 aromatic rings. The van der Waals surface area contributed by atoms with Crippen LogP contribution in [0.5, 0.6) is 0 Å². The molecular formula is C16H23FN2O. The van der Waals surface area contributed by atoms with Crippen LogP contribution in [0.3, 0.4) is 0 Å². The van der Waals surface area contributed by atoms with Crippen molar-refractivity contribution in [2.24, 2.45) is 5.41 Å². The Morgan fingerprint density at radius 3 is 2.75 bits per heavy atom. The monoisotopic (exact) mass is 278 g/mol. The summed E-state index contributed by atoms with van der Waals surface area (Å²) in [6.45, 7) is 7.37. The predicted octanol–water partition coefficient (Wildman–Crippen LogP) is 2.96. The maximum Gasteiger partial charge on any atom is 0.244 e. The van der Waals surface area contributed by atoms with Gasteiger partial charge in [0.15, 0.2) is 0 Å². The summed E-state index contributed by atoms with van der Waals surface area (Å²) < 4.78 is 13.9. The summed E-state index contributed by atoms with van der Waals surface area (Å²) in [6.07, 6.45) is 2.08. The average molecular weight is 278 g/mol. The van der Waals surface area contributed by atoms with Gasteiger partial charge in [-0.05, 0) is 43.9 Å². The number of likely N-dealkylation sites (N-methyl/N-ethyl adjacent to an activating group) is 1. The van der Waals surface area contributed by atoms with Crippen molar-refractivity contribution in [3.63, 3.8) is 0 Å². The second kappa shape index (κ2) is 5.92. The van der Waals surface area contributed by atoms with E-state index in [4.69, 9.17) is 0 Å². The number of amides is 1. The number of nitrogens with one attached hydrogen (secondary N) is 1. The normalized spacial score (nSPS) is 21.5. The van der Waals surface area contributed by atoms with Gasteiger partial charge in [0.2, 0.25) is 5.91 Å². The van der Waals surface area contributed by atoms with Gasteiger partial charge in [-0.25, -0.2) is 4.39 Å². The number of hydrogen-bond acceptors (Lipinski definition) is 2. The molecule has 0 spiro atoms. The van der Waals surface area contributed by atoms with E-state index < -0.39 is 0 Å². The number of rotatable bonds is 3. The van der Waals surface area contributed by atoms with Gasteiger partial charge in [-0.1, -0.05) is 26.0 Å². The highest BCUT2D eigenvalue weighted by Gasteiger charge is 2.39. The molecule has 0 radical (unpaired) electrons. The Bertz CT molecular complexity index is 487. The lowest BCUT2D eigenvalue weighted by atomic mass is 9.77. The predicted molar refractivity (Wildman–Crippen MR) is 79.2 cm³/mol. The van der Waals surface area contributed by atoms with Crippen molar-refractivity contribution in [1.29, 1.82) is 0 Å². The van der Waals surface area contributed by atoms with Crippen molar-refractivity contribution in [1.82, 2.24) is 5.32 Å². The third-order valence-corrected chi connectivity index (χ3v) is 4.10. The Labute approximate surface area is 120 Å². The van der Waals surface area contributed by atoms with E-state index in [2.05, 4.69) is 19.2 Å². The highest BCUT2D eigenvalue weighted by Crippen LogP contribution is 2.32. The standard InChI is InChI=1S/C16H23FN2O/c1-4-19(13-9-6-5-8-12(13)17)15(20)14-16(2,3)10-7-11-18-14/h5-6,8-9,14,18H,4,7,10-11H2,1-3H3. The number of piperidine rings is 1. The topological polar surface area (TPSA) is 32.3 Å². The number of nitrogens with zero attached hydrogens (tertiary/aromatic N) is 1. The van der Waals surface area contributed by atoms with Gasteiger partial charge in [0, 0.05) is 6.54 Å². The molecule has 1 fully saturated rings. The molecule has 0 aromatic heterocycles. The number of hydrogen-bond donors (Lipinski definition) is 1. The maximum atomic E-state index is 13.9. The van der Waals surface area contributed by atoms with E-state index in [-0.39, 0.29) is 23.2 Å². The zero-order valence-corrected chi connectivity index (χ0v) is 12.4. The van der Waals surface area contributed by atoms with E-state index in [0.717, 1.165) is 19.4 Å². The minimum Gasteiger partial charge on any atom is -0.309 e. The van der Waals surface area contributed by atoms with Crippen LogP contribution in [-0.2, 0) is 4.79 Å². The highest BCUT2D eigenvalue weighted by atomic mass is 19.1. The summed E-state index contributed by atoms with van der Waals surface area (Å²) in [4.78, 5) is 14.3. The molecule has 110 valence electrons. The van der Waals surface area contributed by atoms with Crippen LogP contribution in [0.15, 0.2) is 24.3 Å². The molecule has 1 aromatic carbocycles. The minimum absolute atomic E-state index is 0.0395. The third-order valence-electron chi connectivity index (χ3n) is 4.10. The number of halogens is 1. The average Bonchev–Trinajstić information content (AvgIpc) is 2.41. The summed E-state index contributed by atoms with van der Waals surface area (Å²) in [5.74, 6) is -0.390. The van der Waals surface area contributed by atoms with Gasteiger partial charge >= 0.3 is 0 Å². The Kier molecular flexibility index (Phi) is 4.43. The number of benzene rings is 1. The van der Waals surface area contributed by atoms with Crippen molar-refractivity contribution in [3.8, 4) is 0 Å². The molecule has 1 saturated heterocycles. The quantitative estimate of drug-likeness (QED) is 0.922. The Hall–Kier alpha value is -1.42. The Morgan fingerprint density at radius 1 is 1.45 bits per heavy atom. The summed E-state index contributed by atoms with van der Waals surface area (Å²) in [7, 11) is 0. The van der Waals surface area contributed by atoms with Crippen LogP contribution in [0.2, 0.25) is 0 Å². The van der Waals surface area contributed by atoms with Gasteiger partial charge in [-0.15, -0.1) is 0 Å². The fourth-order valence-electron chi connectivity index (χ4n) is 2.90. The molecule has 0 saturated carbocycles. The van der Waals surface area contributed by atoms with E-state index >= 15 is 0 Å². The van der Waals surface area contributed by atoms with Gasteiger partial charge in [-0.2, -0.15) is 0 Å². The SMILES string of the molecule is CCN(C(=O)C1NCCCC1(C)C)c1ccccc1F. The van der Waals surface area contributed by atoms with Gasteiger partial charge in [0.1, 0.15) is 5.82 Å². The van der Waals surface area contributed by atoms with Crippen LogP contribution < -0.4 is 10.2 Å². The first-order chi connectivity index (χ1) is 9.47. The van der Waals surface area contributed by atoms with Crippen LogP contribution in [0.1, 0.15) is 33.6 Å². The van der Waals surface area contributed by atoms with E-state index in [1.165, 1.54) is 6.07 Å². The zero-order chi connectivity index (χ0) is 14.8. The molecule has 1 aliphatic rings. The second-order valence-electron chi connectivity index (χ2n) is 6.01. The molecule has 20 heavy (non-hydrogen) atoms. The maximum absolute atomic E-state index is 13.9. The molecular weight excluding hydrogens is 255 g/mol. The second-order valence-corrected chi connectivity index (χ2v) is 6.01. The van der Waals surface area contributed by atoms with Crippen molar-refractivity contribution in [2.45, 2.75) is 39.7 Å². The number of anilines is 1. The van der Waals surface area contributed by atoms with Gasteiger partial charge in [0.25, 0.3) is 0 Å². The lowest BCUT2D eigenvalue weighted by Gasteiger charge is -2.40. The minimum atomic E-state index is -0.351. The molecule has 0 bridgehead atoms. The molecule has 1 N–H and O–H groups in total. The van der Waals surface area contributed by atoms with E-state index in [0.29, 0.717) is 12.2 Å².